The van der Waals surface area contributed by atoms with Crippen molar-refractivity contribution in [1.82, 2.24) is 0 Å². The van der Waals surface area contributed by atoms with E-state index in [1.165, 1.54) is 14.7 Å². The Labute approximate surface area is 230 Å². The molecule has 4 aliphatic rings. The fourth-order valence-corrected chi connectivity index (χ4v) is 8.64. The summed E-state index contributed by atoms with van der Waals surface area (Å²) in [4.78, 5) is 27.5. The highest BCUT2D eigenvalue weighted by molar-refractivity contribution is 7.97. The molecular weight excluding hydrogens is 539 g/mol. The number of esters is 1. The number of Topliss-reactive ketones (excluding diaryl/α,β-unsaturated/α-hetero) is 1. The first-order valence-electron chi connectivity index (χ1n) is 12.9. The van der Waals surface area contributed by atoms with Gasteiger partial charge >= 0.3 is 5.97 Å². The summed E-state index contributed by atoms with van der Waals surface area (Å²) in [5, 5.41) is 0. The maximum Gasteiger partial charge on any atom is 0.356 e. The van der Waals surface area contributed by atoms with Crippen LogP contribution in [0, 0.1) is 17.8 Å². The Morgan fingerprint density at radius 3 is 1.62 bits per heavy atom. The van der Waals surface area contributed by atoms with Gasteiger partial charge in [-0.1, -0.05) is 54.6 Å². The zero-order valence-corrected chi connectivity index (χ0v) is 22.8. The van der Waals surface area contributed by atoms with E-state index in [9.17, 15) is 27.0 Å². The minimum absolute atomic E-state index is 0.0146. The topological polar surface area (TPSA) is 101 Å². The van der Waals surface area contributed by atoms with Gasteiger partial charge in [-0.15, -0.1) is 0 Å². The molecule has 4 fully saturated rings. The number of alkyl halides is 1. The second-order valence-corrected chi connectivity index (χ2v) is 13.8. The van der Waals surface area contributed by atoms with Crippen LogP contribution in [0.4, 0.5) is 4.39 Å². The largest absolute Gasteiger partial charge is 0.745 e. The Balaban J connectivity index is 0.000000158. The molecule has 0 amide bonds. The molecule has 4 saturated carbocycles. The summed E-state index contributed by atoms with van der Waals surface area (Å²) < 4.78 is 49.8. The van der Waals surface area contributed by atoms with Gasteiger partial charge in [-0.3, -0.25) is 4.79 Å². The van der Waals surface area contributed by atoms with E-state index in [0.717, 1.165) is 12.8 Å². The van der Waals surface area contributed by atoms with Crippen LogP contribution in [-0.2, 0) is 35.3 Å². The van der Waals surface area contributed by atoms with E-state index in [0.29, 0.717) is 19.3 Å². The Morgan fingerprint density at radius 1 is 0.821 bits per heavy atom. The van der Waals surface area contributed by atoms with Gasteiger partial charge in [-0.2, -0.15) is 0 Å². The molecule has 3 unspecified atom stereocenters. The van der Waals surface area contributed by atoms with Crippen molar-refractivity contribution in [1.29, 1.82) is 0 Å². The molecule has 0 spiro atoms. The van der Waals surface area contributed by atoms with Crippen molar-refractivity contribution < 1.29 is 31.7 Å². The molecule has 0 heterocycles. The Kier molecular flexibility index (Phi) is 7.94. The first-order valence-corrected chi connectivity index (χ1v) is 15.6. The molecule has 3 aromatic carbocycles. The first kappa shape index (κ1) is 27.6. The molecule has 0 aromatic heterocycles. The number of hydrogen-bond acceptors (Lipinski definition) is 6. The molecule has 0 N–H and O–H groups in total. The average molecular weight is 569 g/mol. The number of rotatable bonds is 6. The lowest BCUT2D eigenvalue weighted by Gasteiger charge is -2.54. The van der Waals surface area contributed by atoms with Gasteiger partial charge in [0, 0.05) is 11.8 Å². The molecule has 0 aliphatic heterocycles. The van der Waals surface area contributed by atoms with Gasteiger partial charge in [0.2, 0.25) is 0 Å². The molecule has 4 bridgehead atoms. The number of ketones is 1. The molecule has 4 aliphatic carbocycles. The monoisotopic (exact) mass is 568 g/mol. The summed E-state index contributed by atoms with van der Waals surface area (Å²) in [6, 6.07) is 32.2. The van der Waals surface area contributed by atoms with E-state index < -0.39 is 27.2 Å². The van der Waals surface area contributed by atoms with Crippen molar-refractivity contribution in [3.63, 3.8) is 0 Å². The van der Waals surface area contributed by atoms with Crippen molar-refractivity contribution >= 4 is 32.8 Å². The van der Waals surface area contributed by atoms with Crippen LogP contribution < -0.4 is 0 Å². The van der Waals surface area contributed by atoms with Crippen LogP contribution >= 0.6 is 0 Å². The van der Waals surface area contributed by atoms with E-state index >= 15 is 0 Å². The molecule has 0 radical (unpaired) electrons. The van der Waals surface area contributed by atoms with Crippen LogP contribution in [0.15, 0.2) is 106 Å². The number of hydrogen-bond donors (Lipinski definition) is 0. The number of benzene rings is 3. The van der Waals surface area contributed by atoms with E-state index in [1.54, 1.807) is 0 Å². The van der Waals surface area contributed by atoms with Crippen molar-refractivity contribution in [3.05, 3.63) is 91.0 Å². The zero-order chi connectivity index (χ0) is 27.6. The second kappa shape index (κ2) is 11.2. The van der Waals surface area contributed by atoms with Gasteiger partial charge in [0.15, 0.2) is 14.7 Å². The van der Waals surface area contributed by atoms with Gasteiger partial charge < -0.3 is 9.29 Å². The van der Waals surface area contributed by atoms with Crippen LogP contribution in [0.25, 0.3) is 0 Å². The summed E-state index contributed by atoms with van der Waals surface area (Å²) in [6.45, 7) is 0. The third-order valence-corrected chi connectivity index (χ3v) is 10.6. The highest BCUT2D eigenvalue weighted by atomic mass is 32.2. The number of ether oxygens (including phenoxy) is 1. The molecule has 39 heavy (non-hydrogen) atoms. The Hall–Kier alpha value is -3.01. The van der Waals surface area contributed by atoms with Crippen molar-refractivity contribution in [2.45, 2.75) is 57.9 Å². The number of carbonyl (C=O) groups excluding carboxylic acids is 2. The lowest BCUT2D eigenvalue weighted by molar-refractivity contribution is -0.191. The van der Waals surface area contributed by atoms with Crippen molar-refractivity contribution in [3.8, 4) is 0 Å². The molecule has 3 aromatic rings. The average Bonchev–Trinajstić information content (AvgIpc) is 2.92. The van der Waals surface area contributed by atoms with Gasteiger partial charge in [0.25, 0.3) is 5.50 Å². The quantitative estimate of drug-likeness (QED) is 0.227. The fourth-order valence-electron chi connectivity index (χ4n) is 6.26. The van der Waals surface area contributed by atoms with Gasteiger partial charge in [-0.25, -0.2) is 17.6 Å². The molecule has 6 nitrogen and oxygen atoms in total. The van der Waals surface area contributed by atoms with Crippen LogP contribution in [0.3, 0.4) is 0 Å². The minimum atomic E-state index is -5.35. The maximum atomic E-state index is 13.2. The third kappa shape index (κ3) is 6.10. The molecule has 7 rings (SSSR count). The minimum Gasteiger partial charge on any atom is -0.745 e. The third-order valence-electron chi connectivity index (χ3n) is 7.63. The van der Waals surface area contributed by atoms with E-state index in [1.807, 2.05) is 0 Å². The van der Waals surface area contributed by atoms with Crippen LogP contribution in [0.5, 0.6) is 0 Å². The highest BCUT2D eigenvalue weighted by Crippen LogP contribution is 2.55. The summed E-state index contributed by atoms with van der Waals surface area (Å²) >= 11 is 0. The van der Waals surface area contributed by atoms with E-state index in [4.69, 9.17) is 4.74 Å². The summed E-state index contributed by atoms with van der Waals surface area (Å²) in [5.74, 6) is -1.60. The Bertz CT molecular complexity index is 1300. The Morgan fingerprint density at radius 2 is 1.23 bits per heavy atom. The van der Waals surface area contributed by atoms with Crippen molar-refractivity contribution in [2.75, 3.05) is 0 Å². The summed E-state index contributed by atoms with van der Waals surface area (Å²) in [5.41, 5.74) is -4.15. The molecule has 0 saturated heterocycles. The van der Waals surface area contributed by atoms with Crippen LogP contribution in [0.2, 0.25) is 0 Å². The first-order chi connectivity index (χ1) is 18.7. The summed E-state index contributed by atoms with van der Waals surface area (Å²) in [6.07, 6.45) is 2.66. The highest BCUT2D eigenvalue weighted by Gasteiger charge is 2.57. The predicted molar refractivity (Wildman–Crippen MR) is 143 cm³/mol. The molecule has 9 heteroatoms. The number of carbonyl (C=O) groups is 2. The van der Waals surface area contributed by atoms with E-state index in [-0.39, 0.29) is 34.4 Å². The van der Waals surface area contributed by atoms with E-state index in [2.05, 4.69) is 91.0 Å². The number of halogens is 1. The second-order valence-electron chi connectivity index (χ2n) is 10.4. The lowest BCUT2D eigenvalue weighted by Crippen LogP contribution is -2.57. The van der Waals surface area contributed by atoms with Gasteiger partial charge in [0.1, 0.15) is 21.5 Å². The standard InChI is InChI=1S/C18H15S.C12H15FO6S/c1-4-10-16(11-5-1)19(17-12-6-2-7-13-17)18-14-8-3-9-15-18;13-10(20(16,17)18)11(15)19-12-3-6-1-7(4-12)9(14)8(2-6)5-12/h1-15H;6-8,10H,1-5H2,(H,16,17,18)/q+1;/p-1. The predicted octanol–water partition coefficient (Wildman–Crippen LogP) is 5.30. The van der Waals surface area contributed by atoms with Crippen LogP contribution in [0.1, 0.15) is 32.1 Å². The fraction of sp³-hybridized carbons (Fsp3) is 0.333. The molecular formula is C30H29FO6S2. The normalized spacial score (nSPS) is 26.0. The van der Waals surface area contributed by atoms with Crippen LogP contribution in [-0.4, -0.2) is 35.8 Å². The van der Waals surface area contributed by atoms with Gasteiger partial charge in [-0.05, 0) is 74.4 Å². The summed E-state index contributed by atoms with van der Waals surface area (Å²) in [7, 11) is -5.37. The molecule has 3 atom stereocenters. The SMILES string of the molecule is O=C1C2CC3CC1CC(OC(=O)C(F)S(=O)(=O)[O-])(C3)C2.c1ccc([S+](c2ccccc2)c2ccccc2)cc1. The molecule has 204 valence electrons. The zero-order valence-electron chi connectivity index (χ0n) is 21.1. The van der Waals surface area contributed by atoms with Gasteiger partial charge in [0.05, 0.1) is 10.9 Å². The van der Waals surface area contributed by atoms with Crippen molar-refractivity contribution in [2.24, 2.45) is 17.8 Å². The maximum absolute atomic E-state index is 13.2. The smallest absolute Gasteiger partial charge is 0.356 e. The lowest BCUT2D eigenvalue weighted by atomic mass is 9.53.